The van der Waals surface area contributed by atoms with Gasteiger partial charge in [0.05, 0.1) is 6.07 Å². The molecule has 1 amide bonds. The van der Waals surface area contributed by atoms with E-state index in [9.17, 15) is 18.0 Å². The lowest BCUT2D eigenvalue weighted by Crippen LogP contribution is -2.48. The maximum atomic E-state index is 12.0. The van der Waals surface area contributed by atoms with Crippen LogP contribution in [0.25, 0.3) is 0 Å². The van der Waals surface area contributed by atoms with Crippen LogP contribution in [-0.4, -0.2) is 42.7 Å². The number of nitriles is 1. The van der Waals surface area contributed by atoms with Crippen molar-refractivity contribution in [3.63, 3.8) is 0 Å². The van der Waals surface area contributed by atoms with E-state index in [1.807, 2.05) is 16.3 Å². The first kappa shape index (κ1) is 13.8. The molecule has 1 rings (SSSR count). The summed E-state index contributed by atoms with van der Waals surface area (Å²) in [6.07, 6.45) is -3.40. The summed E-state index contributed by atoms with van der Waals surface area (Å²) in [6.45, 7) is 1.87. The van der Waals surface area contributed by atoms with Gasteiger partial charge in [-0.15, -0.1) is 0 Å². The number of hydrogen-bond acceptors (Lipinski definition) is 3. The van der Waals surface area contributed by atoms with Crippen LogP contribution in [0.2, 0.25) is 0 Å². The zero-order valence-corrected chi connectivity index (χ0v) is 9.26. The molecule has 0 spiro atoms. The van der Waals surface area contributed by atoms with Crippen molar-refractivity contribution in [3.8, 4) is 6.07 Å². The number of nitrogens with one attached hydrogen (secondary N) is 1. The number of carbonyl (C=O) groups is 1. The van der Waals surface area contributed by atoms with Crippen molar-refractivity contribution in [2.45, 2.75) is 31.5 Å². The zero-order chi connectivity index (χ0) is 12.9. The number of alkyl halides is 3. The molecule has 0 aromatic heterocycles. The van der Waals surface area contributed by atoms with Crippen LogP contribution in [0.5, 0.6) is 0 Å². The molecule has 0 aromatic carbocycles. The number of carbonyl (C=O) groups excluding carboxylic acids is 1. The Hall–Kier alpha value is -1.29. The lowest BCUT2D eigenvalue weighted by atomic mass is 10.0. The molecule has 0 aliphatic carbocycles. The molecule has 4 nitrogen and oxygen atoms in total. The van der Waals surface area contributed by atoms with Crippen LogP contribution in [0.1, 0.15) is 19.3 Å². The Kier molecular flexibility index (Phi) is 4.75. The molecular weight excluding hydrogens is 235 g/mol. The van der Waals surface area contributed by atoms with Crippen molar-refractivity contribution in [3.05, 3.63) is 0 Å². The molecule has 1 aliphatic heterocycles. The van der Waals surface area contributed by atoms with Crippen LogP contribution in [0.4, 0.5) is 13.2 Å². The Bertz CT molecular complexity index is 303. The Labute approximate surface area is 97.4 Å². The molecule has 17 heavy (non-hydrogen) atoms. The monoisotopic (exact) mass is 249 g/mol. The highest BCUT2D eigenvalue weighted by Gasteiger charge is 2.39. The Balaban J connectivity index is 2.28. The van der Waals surface area contributed by atoms with Gasteiger partial charge in [-0.2, -0.15) is 18.4 Å². The minimum Gasteiger partial charge on any atom is -0.345 e. The largest absolute Gasteiger partial charge is 0.471 e. The lowest BCUT2D eigenvalue weighted by molar-refractivity contribution is -0.174. The molecule has 7 heteroatoms. The molecule has 1 heterocycles. The van der Waals surface area contributed by atoms with E-state index in [0.717, 1.165) is 0 Å². The predicted octanol–water partition coefficient (Wildman–Crippen LogP) is 1.04. The third-order valence-corrected chi connectivity index (χ3v) is 2.72. The summed E-state index contributed by atoms with van der Waals surface area (Å²) >= 11 is 0. The highest BCUT2D eigenvalue weighted by atomic mass is 19.4. The van der Waals surface area contributed by atoms with Crippen molar-refractivity contribution in [1.29, 1.82) is 5.26 Å². The van der Waals surface area contributed by atoms with Crippen LogP contribution in [0.15, 0.2) is 0 Å². The first-order chi connectivity index (χ1) is 7.93. The molecule has 0 saturated carbocycles. The average molecular weight is 249 g/mol. The summed E-state index contributed by atoms with van der Waals surface area (Å²) in [5.41, 5.74) is 0. The van der Waals surface area contributed by atoms with Gasteiger partial charge < -0.3 is 10.2 Å². The van der Waals surface area contributed by atoms with Crippen LogP contribution in [-0.2, 0) is 4.79 Å². The number of piperidine rings is 1. The minimum atomic E-state index is -4.81. The summed E-state index contributed by atoms with van der Waals surface area (Å²) in [6, 6.07) is 1.60. The number of hydrogen-bond donors (Lipinski definition) is 1. The van der Waals surface area contributed by atoms with Crippen LogP contribution in [0, 0.1) is 11.3 Å². The summed E-state index contributed by atoms with van der Waals surface area (Å²) in [5, 5.41) is 10.4. The van der Waals surface area contributed by atoms with E-state index in [1.54, 1.807) is 0 Å². The summed E-state index contributed by atoms with van der Waals surface area (Å²) in [5.74, 6) is -1.87. The van der Waals surface area contributed by atoms with Crippen molar-refractivity contribution in [2.75, 3.05) is 19.6 Å². The number of halogens is 3. The molecule has 0 bridgehead atoms. The molecule has 1 N–H and O–H groups in total. The van der Waals surface area contributed by atoms with E-state index in [2.05, 4.69) is 0 Å². The number of amides is 1. The first-order valence-electron chi connectivity index (χ1n) is 5.40. The van der Waals surface area contributed by atoms with Crippen molar-refractivity contribution >= 4 is 5.91 Å². The van der Waals surface area contributed by atoms with Crippen molar-refractivity contribution in [2.24, 2.45) is 0 Å². The third-order valence-electron chi connectivity index (χ3n) is 2.72. The zero-order valence-electron chi connectivity index (χ0n) is 9.26. The second kappa shape index (κ2) is 5.87. The average Bonchev–Trinajstić information content (AvgIpc) is 2.27. The van der Waals surface area contributed by atoms with Gasteiger partial charge in [-0.25, -0.2) is 0 Å². The molecule has 0 aromatic rings. The van der Waals surface area contributed by atoms with Crippen LogP contribution in [0.3, 0.4) is 0 Å². The fraction of sp³-hybridized carbons (Fsp3) is 0.800. The van der Waals surface area contributed by atoms with Crippen molar-refractivity contribution in [1.82, 2.24) is 10.2 Å². The van der Waals surface area contributed by atoms with E-state index in [-0.39, 0.29) is 0 Å². The van der Waals surface area contributed by atoms with Crippen LogP contribution >= 0.6 is 0 Å². The van der Waals surface area contributed by atoms with E-state index in [1.165, 1.54) is 0 Å². The third kappa shape index (κ3) is 4.61. The van der Waals surface area contributed by atoms with E-state index < -0.39 is 18.1 Å². The second-order valence-electron chi connectivity index (χ2n) is 4.00. The minimum absolute atomic E-state index is 0.414. The number of rotatable bonds is 3. The maximum Gasteiger partial charge on any atom is 0.471 e. The van der Waals surface area contributed by atoms with Crippen molar-refractivity contribution < 1.29 is 18.0 Å². The van der Waals surface area contributed by atoms with Gasteiger partial charge in [0.2, 0.25) is 0 Å². The second-order valence-corrected chi connectivity index (χ2v) is 4.00. The SMILES string of the molecule is N#CCCN1CCC(NC(=O)C(F)(F)F)CC1. The lowest BCUT2D eigenvalue weighted by Gasteiger charge is -2.31. The van der Waals surface area contributed by atoms with Gasteiger partial charge in [-0.05, 0) is 12.8 Å². The van der Waals surface area contributed by atoms with E-state index >= 15 is 0 Å². The highest BCUT2D eigenvalue weighted by Crippen LogP contribution is 2.17. The van der Waals surface area contributed by atoms with Gasteiger partial charge in [0, 0.05) is 32.1 Å². The first-order valence-corrected chi connectivity index (χ1v) is 5.40. The maximum absolute atomic E-state index is 12.0. The summed E-state index contributed by atoms with van der Waals surface area (Å²) in [7, 11) is 0. The fourth-order valence-electron chi connectivity index (χ4n) is 1.78. The molecular formula is C10H14F3N3O. The molecule has 1 saturated heterocycles. The Morgan fingerprint density at radius 3 is 2.47 bits per heavy atom. The Morgan fingerprint density at radius 2 is 2.00 bits per heavy atom. The van der Waals surface area contributed by atoms with E-state index in [4.69, 9.17) is 5.26 Å². The summed E-state index contributed by atoms with van der Waals surface area (Å²) in [4.78, 5) is 12.7. The predicted molar refractivity (Wildman–Crippen MR) is 53.9 cm³/mol. The molecule has 1 aliphatic rings. The van der Waals surface area contributed by atoms with Gasteiger partial charge in [0.15, 0.2) is 0 Å². The molecule has 1 fully saturated rings. The van der Waals surface area contributed by atoms with Gasteiger partial charge in [0.1, 0.15) is 0 Å². The highest BCUT2D eigenvalue weighted by molar-refractivity contribution is 5.81. The summed E-state index contributed by atoms with van der Waals surface area (Å²) < 4.78 is 36.0. The smallest absolute Gasteiger partial charge is 0.345 e. The quantitative estimate of drug-likeness (QED) is 0.813. The normalized spacial score (nSPS) is 18.7. The topological polar surface area (TPSA) is 56.1 Å². The molecule has 0 radical (unpaired) electrons. The van der Waals surface area contributed by atoms with Crippen LogP contribution < -0.4 is 5.32 Å². The fourth-order valence-corrected chi connectivity index (χ4v) is 1.78. The van der Waals surface area contributed by atoms with Gasteiger partial charge >= 0.3 is 12.1 Å². The number of nitrogens with zero attached hydrogens (tertiary/aromatic N) is 2. The van der Waals surface area contributed by atoms with Gasteiger partial charge in [0.25, 0.3) is 0 Å². The van der Waals surface area contributed by atoms with E-state index in [0.29, 0.717) is 38.9 Å². The Morgan fingerprint density at radius 1 is 1.41 bits per heavy atom. The van der Waals surface area contributed by atoms with Gasteiger partial charge in [-0.1, -0.05) is 0 Å². The van der Waals surface area contributed by atoms with Gasteiger partial charge in [-0.3, -0.25) is 4.79 Å². The molecule has 0 atom stereocenters. The molecule has 0 unspecified atom stereocenters. The molecule has 96 valence electrons. The number of likely N-dealkylation sites (tertiary alicyclic amines) is 1. The standard InChI is InChI=1S/C10H14F3N3O/c11-10(12,13)9(17)15-8-2-6-16(7-3-8)5-1-4-14/h8H,1-3,5-7H2,(H,15,17).